The summed E-state index contributed by atoms with van der Waals surface area (Å²) in [5, 5.41) is 14.7. The molecule has 0 unspecified atom stereocenters. The summed E-state index contributed by atoms with van der Waals surface area (Å²) in [7, 11) is 0. The third-order valence-electron chi connectivity index (χ3n) is 6.92. The van der Waals surface area contributed by atoms with Crippen molar-refractivity contribution in [3.63, 3.8) is 0 Å². The minimum atomic E-state index is -0.191. The predicted molar refractivity (Wildman–Crippen MR) is 140 cm³/mol. The average Bonchev–Trinajstić information content (AvgIpc) is 3.30. The van der Waals surface area contributed by atoms with Crippen LogP contribution in [0.5, 0.6) is 5.88 Å². The third-order valence-corrected chi connectivity index (χ3v) is 6.92. The maximum absolute atomic E-state index is 13.3. The molecule has 2 aliphatic rings. The molecular formula is C27H36N6O3. The highest BCUT2D eigenvalue weighted by atomic mass is 16.6. The van der Waals surface area contributed by atoms with Crippen molar-refractivity contribution in [2.75, 3.05) is 36.5 Å². The number of anilines is 2. The lowest BCUT2D eigenvalue weighted by Gasteiger charge is -2.23. The number of aromatic nitrogens is 3. The maximum atomic E-state index is 13.3. The van der Waals surface area contributed by atoms with E-state index in [0.717, 1.165) is 42.0 Å². The van der Waals surface area contributed by atoms with Gasteiger partial charge in [0.2, 0.25) is 5.88 Å². The van der Waals surface area contributed by atoms with Gasteiger partial charge in [-0.15, -0.1) is 0 Å². The third kappa shape index (κ3) is 5.71. The molecule has 1 aliphatic heterocycles. The Morgan fingerprint density at radius 1 is 1.14 bits per heavy atom. The van der Waals surface area contributed by atoms with Gasteiger partial charge in [-0.05, 0) is 84.9 Å². The number of nitrogens with zero attached hydrogens (tertiary/aromatic N) is 4. The highest BCUT2D eigenvalue weighted by Gasteiger charge is 2.25. The molecule has 192 valence electrons. The van der Waals surface area contributed by atoms with E-state index >= 15 is 0 Å². The maximum Gasteiger partial charge on any atom is 0.270 e. The molecule has 0 spiro atoms. The van der Waals surface area contributed by atoms with Gasteiger partial charge >= 0.3 is 0 Å². The Labute approximate surface area is 211 Å². The minimum Gasteiger partial charge on any atom is -0.476 e. The average molecular weight is 493 g/mol. The van der Waals surface area contributed by atoms with Crippen LogP contribution in [0.15, 0.2) is 28.9 Å². The van der Waals surface area contributed by atoms with Crippen molar-refractivity contribution < 1.29 is 14.2 Å². The Balaban J connectivity index is 1.29. The summed E-state index contributed by atoms with van der Waals surface area (Å²) in [6, 6.07) is 7.67. The van der Waals surface area contributed by atoms with E-state index in [1.165, 1.54) is 25.7 Å². The molecule has 0 radical (unpaired) electrons. The molecule has 36 heavy (non-hydrogen) atoms. The Morgan fingerprint density at radius 2 is 1.92 bits per heavy atom. The van der Waals surface area contributed by atoms with Crippen molar-refractivity contribution in [2.45, 2.75) is 58.9 Å². The molecule has 2 aromatic heterocycles. The normalized spacial score (nSPS) is 16.5. The van der Waals surface area contributed by atoms with E-state index in [2.05, 4.69) is 44.7 Å². The van der Waals surface area contributed by atoms with Crippen molar-refractivity contribution in [1.29, 1.82) is 0 Å². The number of amides is 1. The van der Waals surface area contributed by atoms with Crippen molar-refractivity contribution in [2.24, 2.45) is 11.8 Å². The first-order chi connectivity index (χ1) is 17.5. The van der Waals surface area contributed by atoms with Gasteiger partial charge < -0.3 is 20.3 Å². The standard InChI is InChI=1S/C27H36N6O3/c1-17(2)14-20(15-28-21-9-6-18(3)24-25(21)32-36-31-24)29-26(34)22-10-11-23(33-12-4-5-13-33)27(30-22)35-16-19-7-8-19/h6,9-11,17,19-20,28H,4-5,7-8,12-16H2,1-3H3,(H,29,34)/t20-/m0/s1. The molecule has 1 saturated carbocycles. The first-order valence-electron chi connectivity index (χ1n) is 13.1. The molecule has 1 saturated heterocycles. The lowest BCUT2D eigenvalue weighted by Crippen LogP contribution is -2.41. The first kappa shape index (κ1) is 24.3. The lowest BCUT2D eigenvalue weighted by molar-refractivity contribution is 0.0928. The summed E-state index contributed by atoms with van der Waals surface area (Å²) in [5.74, 6) is 1.41. The number of carbonyl (C=O) groups excluding carboxylic acids is 1. The van der Waals surface area contributed by atoms with E-state index in [4.69, 9.17) is 9.37 Å². The monoisotopic (exact) mass is 492 g/mol. The molecule has 9 nitrogen and oxygen atoms in total. The van der Waals surface area contributed by atoms with Crippen LogP contribution in [0.25, 0.3) is 11.0 Å². The Bertz CT molecular complexity index is 1200. The summed E-state index contributed by atoms with van der Waals surface area (Å²) in [6.07, 6.45) is 5.58. The molecule has 2 fully saturated rings. The van der Waals surface area contributed by atoms with E-state index in [1.807, 2.05) is 31.2 Å². The van der Waals surface area contributed by atoms with E-state index in [1.54, 1.807) is 0 Å². The summed E-state index contributed by atoms with van der Waals surface area (Å²) in [5.41, 5.74) is 4.66. The predicted octanol–water partition coefficient (Wildman–Crippen LogP) is 4.57. The second-order valence-corrected chi connectivity index (χ2v) is 10.5. The number of hydrogen-bond acceptors (Lipinski definition) is 8. The zero-order valence-electron chi connectivity index (χ0n) is 21.4. The summed E-state index contributed by atoms with van der Waals surface area (Å²) in [4.78, 5) is 20.3. The van der Waals surface area contributed by atoms with Crippen molar-refractivity contribution >= 4 is 28.3 Å². The summed E-state index contributed by atoms with van der Waals surface area (Å²) in [6.45, 7) is 9.50. The van der Waals surface area contributed by atoms with Crippen LogP contribution < -0.4 is 20.3 Å². The molecule has 1 aromatic carbocycles. The lowest BCUT2D eigenvalue weighted by atomic mass is 10.0. The number of rotatable bonds is 11. The first-order valence-corrected chi connectivity index (χ1v) is 13.1. The zero-order chi connectivity index (χ0) is 25.1. The van der Waals surface area contributed by atoms with E-state index < -0.39 is 0 Å². The van der Waals surface area contributed by atoms with Crippen LogP contribution >= 0.6 is 0 Å². The number of pyridine rings is 1. The van der Waals surface area contributed by atoms with Crippen LogP contribution in [0.2, 0.25) is 0 Å². The Hall–Kier alpha value is -3.36. The molecule has 5 rings (SSSR count). The highest BCUT2D eigenvalue weighted by molar-refractivity contribution is 5.93. The number of nitrogens with one attached hydrogen (secondary N) is 2. The van der Waals surface area contributed by atoms with Crippen LogP contribution in [0, 0.1) is 18.8 Å². The number of fused-ring (bicyclic) bond motifs is 1. The van der Waals surface area contributed by atoms with Crippen LogP contribution in [0.1, 0.15) is 62.0 Å². The van der Waals surface area contributed by atoms with Crippen molar-refractivity contribution in [1.82, 2.24) is 20.6 Å². The summed E-state index contributed by atoms with van der Waals surface area (Å²) >= 11 is 0. The van der Waals surface area contributed by atoms with Crippen LogP contribution in [-0.4, -0.2) is 53.5 Å². The smallest absolute Gasteiger partial charge is 0.270 e. The molecule has 3 heterocycles. The molecule has 3 aromatic rings. The van der Waals surface area contributed by atoms with E-state index in [-0.39, 0.29) is 11.9 Å². The number of aryl methyl sites for hydroxylation is 1. The number of ether oxygens (including phenoxy) is 1. The van der Waals surface area contributed by atoms with Gasteiger partial charge in [0.25, 0.3) is 5.91 Å². The fourth-order valence-electron chi connectivity index (χ4n) is 4.73. The molecule has 1 amide bonds. The SMILES string of the molecule is Cc1ccc(NC[C@H](CC(C)C)NC(=O)c2ccc(N3CCCC3)c(OCC3CC3)n2)c2nonc12. The van der Waals surface area contributed by atoms with Gasteiger partial charge in [-0.25, -0.2) is 9.61 Å². The summed E-state index contributed by atoms with van der Waals surface area (Å²) < 4.78 is 11.1. The van der Waals surface area contributed by atoms with Gasteiger partial charge in [-0.2, -0.15) is 0 Å². The van der Waals surface area contributed by atoms with Gasteiger partial charge in [0, 0.05) is 25.7 Å². The van der Waals surface area contributed by atoms with E-state index in [9.17, 15) is 4.79 Å². The molecule has 1 aliphatic carbocycles. The van der Waals surface area contributed by atoms with Crippen molar-refractivity contribution in [3.05, 3.63) is 35.5 Å². The fraction of sp³-hybridized carbons (Fsp3) is 0.556. The molecule has 0 bridgehead atoms. The quantitative estimate of drug-likeness (QED) is 0.401. The molecule has 9 heteroatoms. The molecule has 2 N–H and O–H groups in total. The molecule has 1 atom stereocenters. The van der Waals surface area contributed by atoms with Crippen LogP contribution in [-0.2, 0) is 0 Å². The van der Waals surface area contributed by atoms with Gasteiger partial charge in [-0.3, -0.25) is 4.79 Å². The second kappa shape index (κ2) is 10.7. The van der Waals surface area contributed by atoms with Crippen LogP contribution in [0.3, 0.4) is 0 Å². The Kier molecular flexibility index (Phi) is 7.25. The molecular weight excluding hydrogens is 456 g/mol. The Morgan fingerprint density at radius 3 is 2.67 bits per heavy atom. The van der Waals surface area contributed by atoms with Crippen molar-refractivity contribution in [3.8, 4) is 5.88 Å². The highest BCUT2D eigenvalue weighted by Crippen LogP contribution is 2.33. The second-order valence-electron chi connectivity index (χ2n) is 10.5. The van der Waals surface area contributed by atoms with Crippen LogP contribution in [0.4, 0.5) is 11.4 Å². The van der Waals surface area contributed by atoms with E-state index in [0.29, 0.717) is 42.1 Å². The van der Waals surface area contributed by atoms with Gasteiger partial charge in [0.1, 0.15) is 11.2 Å². The topological polar surface area (TPSA) is 105 Å². The fourth-order valence-corrected chi connectivity index (χ4v) is 4.73. The number of carbonyl (C=O) groups is 1. The van der Waals surface area contributed by atoms with Gasteiger partial charge in [-0.1, -0.05) is 19.9 Å². The number of benzene rings is 1. The van der Waals surface area contributed by atoms with Gasteiger partial charge in [0.15, 0.2) is 5.52 Å². The largest absolute Gasteiger partial charge is 0.476 e. The zero-order valence-corrected chi connectivity index (χ0v) is 21.4. The number of hydrogen-bond donors (Lipinski definition) is 2. The minimum absolute atomic E-state index is 0.0930. The van der Waals surface area contributed by atoms with Gasteiger partial charge in [0.05, 0.1) is 18.0 Å².